The Balaban J connectivity index is 1.47. The van der Waals surface area contributed by atoms with Crippen LogP contribution in [0.15, 0.2) is 34.9 Å². The van der Waals surface area contributed by atoms with Gasteiger partial charge >= 0.3 is 0 Å². The SMILES string of the molecule is O=C(CNCc1cc(Cl)c2c(c1)OCCO2)NCc1ccco1. The summed E-state index contributed by atoms with van der Waals surface area (Å²) in [6.07, 6.45) is 1.57. The lowest BCUT2D eigenvalue weighted by atomic mass is 10.2. The predicted molar refractivity (Wildman–Crippen MR) is 84.7 cm³/mol. The number of hydrogen-bond acceptors (Lipinski definition) is 5. The normalized spacial score (nSPS) is 12.9. The molecule has 0 aliphatic carbocycles. The zero-order valence-corrected chi connectivity index (χ0v) is 13.2. The molecule has 1 aliphatic rings. The van der Waals surface area contributed by atoms with Crippen LogP contribution in [0.5, 0.6) is 11.5 Å². The van der Waals surface area contributed by atoms with Gasteiger partial charge in [0, 0.05) is 6.54 Å². The van der Waals surface area contributed by atoms with E-state index in [2.05, 4.69) is 10.6 Å². The topological polar surface area (TPSA) is 72.7 Å². The third kappa shape index (κ3) is 4.18. The maximum Gasteiger partial charge on any atom is 0.234 e. The molecule has 1 amide bonds. The number of carbonyl (C=O) groups excluding carboxylic acids is 1. The minimum absolute atomic E-state index is 0.106. The molecule has 122 valence electrons. The van der Waals surface area contributed by atoms with E-state index in [4.69, 9.17) is 25.5 Å². The van der Waals surface area contributed by atoms with Crippen molar-refractivity contribution >= 4 is 17.5 Å². The first-order valence-corrected chi connectivity index (χ1v) is 7.68. The average molecular weight is 337 g/mol. The molecule has 0 fully saturated rings. The first-order valence-electron chi connectivity index (χ1n) is 7.30. The number of nitrogens with one attached hydrogen (secondary N) is 2. The molecule has 23 heavy (non-hydrogen) atoms. The van der Waals surface area contributed by atoms with E-state index in [1.165, 1.54) is 0 Å². The molecule has 3 rings (SSSR count). The van der Waals surface area contributed by atoms with Gasteiger partial charge in [0.05, 0.1) is 24.4 Å². The number of hydrogen-bond donors (Lipinski definition) is 2. The van der Waals surface area contributed by atoms with E-state index >= 15 is 0 Å². The summed E-state index contributed by atoms with van der Waals surface area (Å²) in [5, 5.41) is 6.35. The first kappa shape index (κ1) is 15.7. The van der Waals surface area contributed by atoms with Crippen molar-refractivity contribution in [3.05, 3.63) is 46.9 Å². The van der Waals surface area contributed by atoms with Crippen molar-refractivity contribution in [3.8, 4) is 11.5 Å². The zero-order valence-electron chi connectivity index (χ0n) is 12.4. The summed E-state index contributed by atoms with van der Waals surface area (Å²) in [6, 6.07) is 7.27. The van der Waals surface area contributed by atoms with Crippen LogP contribution >= 0.6 is 11.6 Å². The smallest absolute Gasteiger partial charge is 0.234 e. The Morgan fingerprint density at radius 1 is 1.22 bits per heavy atom. The number of ether oxygens (including phenoxy) is 2. The van der Waals surface area contributed by atoms with E-state index in [1.54, 1.807) is 12.3 Å². The van der Waals surface area contributed by atoms with Crippen molar-refractivity contribution in [3.63, 3.8) is 0 Å². The molecule has 2 heterocycles. The maximum atomic E-state index is 11.7. The number of benzene rings is 1. The van der Waals surface area contributed by atoms with Gasteiger partial charge < -0.3 is 24.5 Å². The number of rotatable bonds is 6. The number of furan rings is 1. The van der Waals surface area contributed by atoms with Crippen molar-refractivity contribution in [1.82, 2.24) is 10.6 Å². The van der Waals surface area contributed by atoms with Crippen LogP contribution in [0.3, 0.4) is 0 Å². The van der Waals surface area contributed by atoms with E-state index in [-0.39, 0.29) is 12.5 Å². The molecule has 1 aliphatic heterocycles. The van der Waals surface area contributed by atoms with Gasteiger partial charge in [-0.2, -0.15) is 0 Å². The van der Waals surface area contributed by atoms with E-state index in [9.17, 15) is 4.79 Å². The summed E-state index contributed by atoms with van der Waals surface area (Å²) in [5.41, 5.74) is 0.929. The summed E-state index contributed by atoms with van der Waals surface area (Å²) in [4.78, 5) is 11.7. The van der Waals surface area contributed by atoms with Gasteiger partial charge in [-0.15, -0.1) is 0 Å². The monoisotopic (exact) mass is 336 g/mol. The highest BCUT2D eigenvalue weighted by atomic mass is 35.5. The third-order valence-electron chi connectivity index (χ3n) is 3.31. The largest absolute Gasteiger partial charge is 0.486 e. The van der Waals surface area contributed by atoms with Crippen LogP contribution in [-0.4, -0.2) is 25.7 Å². The Bertz CT molecular complexity index is 673. The Kier molecular flexibility index (Phi) is 5.05. The molecule has 0 spiro atoms. The second-order valence-electron chi connectivity index (χ2n) is 5.06. The van der Waals surface area contributed by atoms with Crippen molar-refractivity contribution in [1.29, 1.82) is 0 Å². The van der Waals surface area contributed by atoms with Crippen molar-refractivity contribution in [2.75, 3.05) is 19.8 Å². The molecule has 1 aromatic heterocycles. The highest BCUT2D eigenvalue weighted by Crippen LogP contribution is 2.38. The highest BCUT2D eigenvalue weighted by Gasteiger charge is 2.16. The standard InChI is InChI=1S/C16H17ClN2O4/c17-13-6-11(7-14-16(13)23-5-4-22-14)8-18-10-15(20)19-9-12-2-1-3-21-12/h1-3,6-7,18H,4-5,8-10H2,(H,19,20). The predicted octanol–water partition coefficient (Wildman–Crippen LogP) is 2.11. The van der Waals surface area contributed by atoms with E-state index in [0.717, 1.165) is 11.3 Å². The van der Waals surface area contributed by atoms with Gasteiger partial charge in [0.15, 0.2) is 11.5 Å². The minimum atomic E-state index is -0.106. The van der Waals surface area contributed by atoms with Crippen LogP contribution in [-0.2, 0) is 17.9 Å². The summed E-state index contributed by atoms with van der Waals surface area (Å²) in [7, 11) is 0. The van der Waals surface area contributed by atoms with Gasteiger partial charge in [-0.1, -0.05) is 11.6 Å². The average Bonchev–Trinajstić information content (AvgIpc) is 3.06. The molecule has 7 heteroatoms. The quantitative estimate of drug-likeness (QED) is 0.845. The lowest BCUT2D eigenvalue weighted by Gasteiger charge is -2.20. The zero-order chi connectivity index (χ0) is 16.1. The maximum absolute atomic E-state index is 11.7. The van der Waals surface area contributed by atoms with Crippen molar-refractivity contribution < 1.29 is 18.7 Å². The second kappa shape index (κ2) is 7.39. The molecule has 1 aromatic carbocycles. The fraction of sp³-hybridized carbons (Fsp3) is 0.312. The summed E-state index contributed by atoms with van der Waals surface area (Å²) >= 11 is 6.17. The minimum Gasteiger partial charge on any atom is -0.486 e. The van der Waals surface area contributed by atoms with Crippen LogP contribution < -0.4 is 20.1 Å². The van der Waals surface area contributed by atoms with E-state index in [1.807, 2.05) is 18.2 Å². The van der Waals surface area contributed by atoms with Crippen LogP contribution in [0.2, 0.25) is 5.02 Å². The molecule has 2 aromatic rings. The fourth-order valence-corrected chi connectivity index (χ4v) is 2.54. The van der Waals surface area contributed by atoms with Crippen LogP contribution in [0.25, 0.3) is 0 Å². The fourth-order valence-electron chi connectivity index (χ4n) is 2.25. The van der Waals surface area contributed by atoms with E-state index < -0.39 is 0 Å². The number of halogens is 1. The summed E-state index contributed by atoms with van der Waals surface area (Å²) in [5.74, 6) is 1.84. The molecule has 0 saturated carbocycles. The van der Waals surface area contributed by atoms with Crippen molar-refractivity contribution in [2.24, 2.45) is 0 Å². The Morgan fingerprint density at radius 3 is 2.91 bits per heavy atom. The number of fused-ring (bicyclic) bond motifs is 1. The number of amides is 1. The molecule has 0 bridgehead atoms. The van der Waals surface area contributed by atoms with Gasteiger partial charge in [-0.05, 0) is 29.8 Å². The van der Waals surface area contributed by atoms with E-state index in [0.29, 0.717) is 42.8 Å². The van der Waals surface area contributed by atoms with Gasteiger partial charge in [0.25, 0.3) is 0 Å². The lowest BCUT2D eigenvalue weighted by molar-refractivity contribution is -0.120. The van der Waals surface area contributed by atoms with Gasteiger partial charge in [-0.25, -0.2) is 0 Å². The van der Waals surface area contributed by atoms with Crippen LogP contribution in [0.1, 0.15) is 11.3 Å². The molecular formula is C16H17ClN2O4. The van der Waals surface area contributed by atoms with Gasteiger partial charge in [0.2, 0.25) is 5.91 Å². The summed E-state index contributed by atoms with van der Waals surface area (Å²) < 4.78 is 16.1. The molecule has 0 saturated heterocycles. The molecular weight excluding hydrogens is 320 g/mol. The van der Waals surface area contributed by atoms with Crippen LogP contribution in [0, 0.1) is 0 Å². The first-order chi connectivity index (χ1) is 11.2. The third-order valence-corrected chi connectivity index (χ3v) is 3.59. The Morgan fingerprint density at radius 2 is 2.09 bits per heavy atom. The summed E-state index contributed by atoms with van der Waals surface area (Å²) in [6.45, 7) is 2.09. The van der Waals surface area contributed by atoms with Crippen molar-refractivity contribution in [2.45, 2.75) is 13.1 Å². The Hall–Kier alpha value is -2.18. The van der Waals surface area contributed by atoms with Gasteiger partial charge in [0.1, 0.15) is 19.0 Å². The molecule has 0 atom stereocenters. The highest BCUT2D eigenvalue weighted by molar-refractivity contribution is 6.32. The van der Waals surface area contributed by atoms with Crippen LogP contribution in [0.4, 0.5) is 0 Å². The molecule has 0 unspecified atom stereocenters. The molecule has 0 radical (unpaired) electrons. The molecule has 6 nitrogen and oxygen atoms in total. The second-order valence-corrected chi connectivity index (χ2v) is 5.47. The Labute approximate surface area is 138 Å². The number of carbonyl (C=O) groups is 1. The lowest BCUT2D eigenvalue weighted by Crippen LogP contribution is -2.33. The molecule has 2 N–H and O–H groups in total. The van der Waals surface area contributed by atoms with Gasteiger partial charge in [-0.3, -0.25) is 4.79 Å².